The quantitative estimate of drug-likeness (QED) is 0.668. The first-order valence-electron chi connectivity index (χ1n) is 8.54. The van der Waals surface area contributed by atoms with Crippen molar-refractivity contribution in [1.82, 2.24) is 0 Å². The first-order valence-corrected chi connectivity index (χ1v) is 9.95. The van der Waals surface area contributed by atoms with Gasteiger partial charge in [-0.25, -0.2) is 0 Å². The molecule has 4 atom stereocenters. The summed E-state index contributed by atoms with van der Waals surface area (Å²) >= 11 is 0. The lowest BCUT2D eigenvalue weighted by Gasteiger charge is -2.53. The SMILES string of the molecule is Cc1ccc(S(=O)(=O)O[C@H]2CC[C@@](C)(O)[C@H]3C=CCC[C@]23C)cc1. The van der Waals surface area contributed by atoms with Gasteiger partial charge in [-0.2, -0.15) is 8.42 Å². The molecule has 3 rings (SSSR count). The molecular weight excluding hydrogens is 324 g/mol. The van der Waals surface area contributed by atoms with Crippen molar-refractivity contribution in [2.24, 2.45) is 11.3 Å². The van der Waals surface area contributed by atoms with Crippen LogP contribution in [0.15, 0.2) is 41.3 Å². The van der Waals surface area contributed by atoms with Gasteiger partial charge in [0.05, 0.1) is 16.6 Å². The van der Waals surface area contributed by atoms with Gasteiger partial charge in [-0.3, -0.25) is 4.18 Å². The van der Waals surface area contributed by atoms with Crippen LogP contribution in [0.5, 0.6) is 0 Å². The van der Waals surface area contributed by atoms with Crippen LogP contribution in [0.1, 0.15) is 45.1 Å². The Labute approximate surface area is 144 Å². The number of fused-ring (bicyclic) bond motifs is 1. The molecule has 1 saturated carbocycles. The summed E-state index contributed by atoms with van der Waals surface area (Å²) in [5, 5.41) is 10.7. The van der Waals surface area contributed by atoms with Crippen molar-refractivity contribution < 1.29 is 17.7 Å². The van der Waals surface area contributed by atoms with Crippen LogP contribution < -0.4 is 0 Å². The minimum atomic E-state index is -3.81. The summed E-state index contributed by atoms with van der Waals surface area (Å²) in [7, 11) is -3.81. The van der Waals surface area contributed by atoms with Crippen LogP contribution in [-0.4, -0.2) is 25.2 Å². The Kier molecular flexibility index (Phi) is 4.39. The van der Waals surface area contributed by atoms with E-state index in [-0.39, 0.29) is 16.2 Å². The standard InChI is InChI=1S/C19H26O4S/c1-14-7-9-15(10-8-14)24(21,22)23-17-11-13-19(3,20)16-6-4-5-12-18(16,17)2/h4,6-10,16-17,20H,5,11-13H2,1-3H3/t16-,17-,18-,19+/m0/s1. The Bertz CT molecular complexity index is 733. The van der Waals surface area contributed by atoms with E-state index in [1.807, 2.05) is 26.8 Å². The van der Waals surface area contributed by atoms with Gasteiger partial charge < -0.3 is 5.11 Å². The summed E-state index contributed by atoms with van der Waals surface area (Å²) < 4.78 is 31.1. The maximum Gasteiger partial charge on any atom is 0.297 e. The molecule has 0 amide bonds. The molecule has 1 aromatic carbocycles. The molecule has 0 unspecified atom stereocenters. The Morgan fingerprint density at radius 1 is 1.17 bits per heavy atom. The van der Waals surface area contributed by atoms with Crippen molar-refractivity contribution in [3.05, 3.63) is 42.0 Å². The molecule has 0 heterocycles. The summed E-state index contributed by atoms with van der Waals surface area (Å²) in [6.07, 6.45) is 6.48. The summed E-state index contributed by atoms with van der Waals surface area (Å²) in [5.74, 6) is -0.0919. The van der Waals surface area contributed by atoms with E-state index in [4.69, 9.17) is 4.18 Å². The molecule has 2 aliphatic rings. The molecule has 0 saturated heterocycles. The van der Waals surface area contributed by atoms with Crippen molar-refractivity contribution >= 4 is 10.1 Å². The highest BCUT2D eigenvalue weighted by atomic mass is 32.2. The van der Waals surface area contributed by atoms with Gasteiger partial charge in [0.1, 0.15) is 0 Å². The van der Waals surface area contributed by atoms with E-state index >= 15 is 0 Å². The summed E-state index contributed by atoms with van der Waals surface area (Å²) in [5.41, 5.74) is -0.194. The zero-order valence-electron chi connectivity index (χ0n) is 14.5. The number of aliphatic hydroxyl groups is 1. The molecule has 0 radical (unpaired) electrons. The fraction of sp³-hybridized carbons (Fsp3) is 0.579. The zero-order valence-corrected chi connectivity index (χ0v) is 15.3. The van der Waals surface area contributed by atoms with Crippen LogP contribution in [0.25, 0.3) is 0 Å². The maximum atomic E-state index is 12.7. The van der Waals surface area contributed by atoms with E-state index < -0.39 is 21.8 Å². The van der Waals surface area contributed by atoms with Crippen molar-refractivity contribution in [2.45, 2.75) is 63.1 Å². The number of aryl methyl sites for hydroxylation is 1. The van der Waals surface area contributed by atoms with Gasteiger partial charge in [0.2, 0.25) is 0 Å². The summed E-state index contributed by atoms with van der Waals surface area (Å²) in [6, 6.07) is 6.72. The van der Waals surface area contributed by atoms with E-state index in [0.717, 1.165) is 18.4 Å². The fourth-order valence-corrected chi connectivity index (χ4v) is 5.46. The van der Waals surface area contributed by atoms with Crippen molar-refractivity contribution in [2.75, 3.05) is 0 Å². The molecule has 2 aliphatic carbocycles. The molecular formula is C19H26O4S. The van der Waals surface area contributed by atoms with E-state index in [1.54, 1.807) is 24.3 Å². The lowest BCUT2D eigenvalue weighted by atomic mass is 9.56. The van der Waals surface area contributed by atoms with Crippen LogP contribution in [0.4, 0.5) is 0 Å². The highest BCUT2D eigenvalue weighted by Crippen LogP contribution is 2.53. The first kappa shape index (κ1) is 17.6. The van der Waals surface area contributed by atoms with Gasteiger partial charge in [-0.05, 0) is 51.7 Å². The van der Waals surface area contributed by atoms with Crippen molar-refractivity contribution in [3.63, 3.8) is 0 Å². The first-order chi connectivity index (χ1) is 11.2. The normalized spacial score (nSPS) is 36.3. The minimum absolute atomic E-state index is 0.0919. The second kappa shape index (κ2) is 5.97. The molecule has 5 heteroatoms. The van der Waals surface area contributed by atoms with Crippen molar-refractivity contribution in [3.8, 4) is 0 Å². The number of benzene rings is 1. The number of hydrogen-bond donors (Lipinski definition) is 1. The predicted octanol–water partition coefficient (Wildman–Crippen LogP) is 3.59. The van der Waals surface area contributed by atoms with Crippen LogP contribution in [0, 0.1) is 18.3 Å². The van der Waals surface area contributed by atoms with Crippen LogP contribution in [0.2, 0.25) is 0 Å². The zero-order chi connectivity index (χ0) is 17.6. The topological polar surface area (TPSA) is 63.6 Å². The molecule has 24 heavy (non-hydrogen) atoms. The molecule has 1 N–H and O–H groups in total. The van der Waals surface area contributed by atoms with E-state index in [2.05, 4.69) is 6.08 Å². The largest absolute Gasteiger partial charge is 0.390 e. The molecule has 0 spiro atoms. The van der Waals surface area contributed by atoms with Gasteiger partial charge in [0.15, 0.2) is 0 Å². The van der Waals surface area contributed by atoms with E-state index in [0.29, 0.717) is 12.8 Å². The van der Waals surface area contributed by atoms with E-state index in [9.17, 15) is 13.5 Å². The number of rotatable bonds is 3. The average Bonchev–Trinajstić information content (AvgIpc) is 2.51. The smallest absolute Gasteiger partial charge is 0.297 e. The second-order valence-corrected chi connectivity index (χ2v) is 9.27. The molecule has 1 fully saturated rings. The minimum Gasteiger partial charge on any atom is -0.390 e. The van der Waals surface area contributed by atoms with Gasteiger partial charge >= 0.3 is 0 Å². The van der Waals surface area contributed by atoms with Gasteiger partial charge in [0, 0.05) is 11.3 Å². The Balaban J connectivity index is 1.89. The predicted molar refractivity (Wildman–Crippen MR) is 93.1 cm³/mol. The van der Waals surface area contributed by atoms with Crippen molar-refractivity contribution in [1.29, 1.82) is 0 Å². The van der Waals surface area contributed by atoms with Gasteiger partial charge in [-0.15, -0.1) is 0 Å². The summed E-state index contributed by atoms with van der Waals surface area (Å²) in [6.45, 7) is 5.81. The number of hydrogen-bond acceptors (Lipinski definition) is 4. The Morgan fingerprint density at radius 2 is 1.83 bits per heavy atom. The highest BCUT2D eigenvalue weighted by molar-refractivity contribution is 7.86. The lowest BCUT2D eigenvalue weighted by Crippen LogP contribution is -2.56. The third-order valence-electron chi connectivity index (χ3n) is 5.76. The Morgan fingerprint density at radius 3 is 2.50 bits per heavy atom. The van der Waals surface area contributed by atoms with Crippen LogP contribution >= 0.6 is 0 Å². The molecule has 0 aliphatic heterocycles. The van der Waals surface area contributed by atoms with Gasteiger partial charge in [-0.1, -0.05) is 36.8 Å². The maximum absolute atomic E-state index is 12.7. The highest BCUT2D eigenvalue weighted by Gasteiger charge is 2.54. The average molecular weight is 350 g/mol. The van der Waals surface area contributed by atoms with E-state index in [1.165, 1.54) is 0 Å². The third-order valence-corrected chi connectivity index (χ3v) is 7.09. The molecule has 1 aromatic rings. The van der Waals surface area contributed by atoms with Gasteiger partial charge in [0.25, 0.3) is 10.1 Å². The van der Waals surface area contributed by atoms with Crippen LogP contribution in [0.3, 0.4) is 0 Å². The molecule has 132 valence electrons. The molecule has 0 aromatic heterocycles. The Hall–Kier alpha value is -1.17. The summed E-state index contributed by atoms with van der Waals surface area (Å²) in [4.78, 5) is 0.192. The van der Waals surface area contributed by atoms with Crippen LogP contribution in [-0.2, 0) is 14.3 Å². The molecule has 0 bridgehead atoms. The third kappa shape index (κ3) is 3.05. The monoisotopic (exact) mass is 350 g/mol. The molecule has 4 nitrogen and oxygen atoms in total. The fourth-order valence-electron chi connectivity index (χ4n) is 4.26. The second-order valence-electron chi connectivity index (χ2n) is 7.70. The number of allylic oxidation sites excluding steroid dienone is 1. The lowest BCUT2D eigenvalue weighted by molar-refractivity contribution is -0.127.